The van der Waals surface area contributed by atoms with Crippen LogP contribution in [-0.2, 0) is 91.0 Å². The molecule has 0 aliphatic heterocycles. The van der Waals surface area contributed by atoms with Crippen molar-refractivity contribution < 1.29 is 96.2 Å². The average Bonchev–Trinajstić information content (AvgIpc) is 2.36. The Labute approximate surface area is 153 Å². The van der Waals surface area contributed by atoms with Gasteiger partial charge >= 0.3 is 0 Å². The van der Waals surface area contributed by atoms with E-state index in [9.17, 15) is 0 Å². The topological polar surface area (TPSA) is 37.3 Å². The molecule has 6 heteroatoms. The summed E-state index contributed by atoms with van der Waals surface area (Å²) in [5, 5.41) is 9.13. The fraction of sp³-hybridized carbons (Fsp3) is 0.750. The van der Waals surface area contributed by atoms with Gasteiger partial charge in [-0.2, -0.15) is 13.3 Å². The molecule has 1 aliphatic carbocycles. The van der Waals surface area contributed by atoms with Gasteiger partial charge in [-0.3, -0.25) is 10.5 Å². The van der Waals surface area contributed by atoms with Crippen LogP contribution >= 0.6 is 8.46 Å². The Morgan fingerprint density at radius 2 is 1.93 bits per heavy atom. The second-order valence-electron chi connectivity index (χ2n) is 2.47. The molecule has 1 fully saturated rings. The van der Waals surface area contributed by atoms with Crippen molar-refractivity contribution in [2.75, 3.05) is 6.66 Å². The van der Waals surface area contributed by atoms with Gasteiger partial charge in [-0.1, -0.05) is 6.42 Å². The Morgan fingerprint density at radius 3 is 2.07 bits per heavy atom. The Hall–Kier alpha value is 2.96. The third kappa shape index (κ3) is 13.0. The summed E-state index contributed by atoms with van der Waals surface area (Å²) in [7, 11) is 0.167. The van der Waals surface area contributed by atoms with Crippen LogP contribution in [0.3, 0.4) is 0 Å². The van der Waals surface area contributed by atoms with Crippen LogP contribution in [-0.4, -0.2) is 17.9 Å². The molecule has 2 radical (unpaired) electrons. The van der Waals surface area contributed by atoms with E-state index in [1.54, 1.807) is 6.66 Å². The first-order valence-corrected chi connectivity index (χ1v) is 5.04. The second-order valence-corrected chi connectivity index (χ2v) is 2.84. The van der Waals surface area contributed by atoms with E-state index in [0.29, 0.717) is 5.92 Å². The average molecular weight is 536 g/mol. The SMILES string of the molecule is CP=O.C[CH-]C1[CH-]CCC1O.[W].[Y].[Y]. The molecule has 0 aromatic carbocycles. The van der Waals surface area contributed by atoms with E-state index < -0.39 is 0 Å². The smallest absolute Gasteiger partial charge is 0.151 e. The molecule has 2 unspecified atom stereocenters. The van der Waals surface area contributed by atoms with Crippen molar-refractivity contribution in [3.8, 4) is 0 Å². The molecular formula is C8H15O2PWY2-2. The molecule has 1 aliphatic rings. The third-order valence-electron chi connectivity index (χ3n) is 1.73. The van der Waals surface area contributed by atoms with Gasteiger partial charge < -0.3 is 17.9 Å². The summed E-state index contributed by atoms with van der Waals surface area (Å²) in [4.78, 5) is 0. The third-order valence-corrected chi connectivity index (χ3v) is 1.73. The van der Waals surface area contributed by atoms with Crippen molar-refractivity contribution in [1.29, 1.82) is 0 Å². The normalized spacial score (nSPS) is 23.4. The maximum absolute atomic E-state index is 9.13. The van der Waals surface area contributed by atoms with Crippen LogP contribution < -0.4 is 0 Å². The minimum absolute atomic E-state index is 0. The van der Waals surface area contributed by atoms with Gasteiger partial charge in [-0.15, -0.1) is 0 Å². The molecule has 78 valence electrons. The summed E-state index contributed by atoms with van der Waals surface area (Å²) >= 11 is 0. The molecule has 0 bridgehead atoms. The molecule has 1 saturated carbocycles. The van der Waals surface area contributed by atoms with Crippen molar-refractivity contribution in [1.82, 2.24) is 0 Å². The van der Waals surface area contributed by atoms with Crippen LogP contribution in [0, 0.1) is 18.8 Å². The predicted molar refractivity (Wildman–Crippen MR) is 46.5 cm³/mol. The van der Waals surface area contributed by atoms with Crippen LogP contribution in [0.4, 0.5) is 0 Å². The molecule has 2 nitrogen and oxygen atoms in total. The van der Waals surface area contributed by atoms with Crippen LogP contribution in [0.1, 0.15) is 19.8 Å². The largest absolute Gasteiger partial charge is 0.398 e. The Bertz CT molecular complexity index is 120. The quantitative estimate of drug-likeness (QED) is 0.413. The van der Waals surface area contributed by atoms with Gasteiger partial charge in [0.05, 0.1) is 0 Å². The first kappa shape index (κ1) is 25.7. The Balaban J connectivity index is -0.0000000758. The van der Waals surface area contributed by atoms with E-state index in [1.807, 2.05) is 6.92 Å². The molecule has 14 heavy (non-hydrogen) atoms. The molecule has 2 atom stereocenters. The summed E-state index contributed by atoms with van der Waals surface area (Å²) in [6.45, 7) is 3.54. The molecule has 0 amide bonds. The van der Waals surface area contributed by atoms with E-state index in [4.69, 9.17) is 9.67 Å². The summed E-state index contributed by atoms with van der Waals surface area (Å²) in [6.07, 6.45) is 6.17. The zero-order valence-corrected chi connectivity index (χ0v) is 18.1. The van der Waals surface area contributed by atoms with E-state index in [2.05, 4.69) is 12.8 Å². The zero-order valence-electron chi connectivity index (χ0n) is 8.59. The fourth-order valence-electron chi connectivity index (χ4n) is 1.17. The molecule has 1 rings (SSSR count). The number of hydrogen-bond donors (Lipinski definition) is 1. The standard InChI is InChI=1S/C7H12O.CH3OP.W.2Y/c1-2-6-4-3-5-7(6)8;1-3-2;;;/h2,4,6-8H,3,5H2,1H3;1H3;;;/q-2;;;;. The van der Waals surface area contributed by atoms with Crippen LogP contribution in [0.15, 0.2) is 0 Å². The van der Waals surface area contributed by atoms with Gasteiger partial charge in [-0.05, 0) is 0 Å². The van der Waals surface area contributed by atoms with Gasteiger partial charge in [0.2, 0.25) is 0 Å². The minimum Gasteiger partial charge on any atom is -0.398 e. The Morgan fingerprint density at radius 1 is 1.50 bits per heavy atom. The monoisotopic (exact) mass is 536 g/mol. The summed E-state index contributed by atoms with van der Waals surface area (Å²) in [6, 6.07) is 0. The van der Waals surface area contributed by atoms with E-state index in [0.717, 1.165) is 12.8 Å². The fourth-order valence-corrected chi connectivity index (χ4v) is 1.17. The second kappa shape index (κ2) is 18.3. The first-order chi connectivity index (χ1) is 5.26. The van der Waals surface area contributed by atoms with Gasteiger partial charge in [-0.25, -0.2) is 0 Å². The van der Waals surface area contributed by atoms with Crippen molar-refractivity contribution in [3.05, 3.63) is 12.8 Å². The molecular weight excluding hydrogens is 521 g/mol. The van der Waals surface area contributed by atoms with Gasteiger partial charge in [0.25, 0.3) is 0 Å². The summed E-state index contributed by atoms with van der Waals surface area (Å²) in [5.41, 5.74) is 0. The number of rotatable bonds is 1. The number of aliphatic hydroxyl groups excluding tert-OH is 1. The van der Waals surface area contributed by atoms with Gasteiger partial charge in [0, 0.05) is 99.3 Å². The van der Waals surface area contributed by atoms with Crippen molar-refractivity contribution in [2.24, 2.45) is 5.92 Å². The predicted octanol–water partition coefficient (Wildman–Crippen LogP) is 2.09. The molecule has 0 spiro atoms. The van der Waals surface area contributed by atoms with E-state index in [1.165, 1.54) is 0 Å². The zero-order chi connectivity index (χ0) is 8.69. The molecule has 0 aromatic rings. The van der Waals surface area contributed by atoms with Gasteiger partial charge in [0.15, 0.2) is 8.46 Å². The van der Waals surface area contributed by atoms with E-state index >= 15 is 0 Å². The summed E-state index contributed by atoms with van der Waals surface area (Å²) in [5.74, 6) is 0.370. The van der Waals surface area contributed by atoms with Crippen molar-refractivity contribution in [3.63, 3.8) is 0 Å². The molecule has 1 N–H and O–H groups in total. The summed E-state index contributed by atoms with van der Waals surface area (Å²) < 4.78 is 8.90. The molecule has 0 saturated heterocycles. The van der Waals surface area contributed by atoms with E-state index in [-0.39, 0.29) is 101 Å². The van der Waals surface area contributed by atoms with Crippen LogP contribution in [0.25, 0.3) is 0 Å². The van der Waals surface area contributed by atoms with Crippen molar-refractivity contribution >= 4 is 8.46 Å². The number of aliphatic hydroxyl groups is 1. The van der Waals surface area contributed by atoms with Crippen LogP contribution in [0.2, 0.25) is 0 Å². The van der Waals surface area contributed by atoms with Gasteiger partial charge in [0.1, 0.15) is 0 Å². The first-order valence-electron chi connectivity index (χ1n) is 3.78. The molecule has 0 aromatic heterocycles. The van der Waals surface area contributed by atoms with Crippen LogP contribution in [0.5, 0.6) is 0 Å². The number of hydrogen-bond acceptors (Lipinski definition) is 2. The minimum atomic E-state index is -0.0833. The Kier molecular flexibility index (Phi) is 33.7. The van der Waals surface area contributed by atoms with Crippen molar-refractivity contribution in [2.45, 2.75) is 25.9 Å². The maximum Gasteiger partial charge on any atom is 0.151 e. The molecule has 0 heterocycles. The maximum atomic E-state index is 9.13.